The van der Waals surface area contributed by atoms with Gasteiger partial charge in [0.2, 0.25) is 0 Å². The molecule has 0 heterocycles. The van der Waals surface area contributed by atoms with Gasteiger partial charge in [0.15, 0.2) is 0 Å². The maximum Gasteiger partial charge on any atom is 0.0279 e. The number of benzene rings is 2. The maximum absolute atomic E-state index is 2.30. The molecule has 0 atom stereocenters. The van der Waals surface area contributed by atoms with Crippen LogP contribution in [0.4, 0.5) is 0 Å². The summed E-state index contributed by atoms with van der Waals surface area (Å²) in [5, 5.41) is 2.75. The van der Waals surface area contributed by atoms with Crippen LogP contribution in [0.2, 0.25) is 0 Å². The van der Waals surface area contributed by atoms with Crippen molar-refractivity contribution in [3.8, 4) is 0 Å². The molecule has 1 aliphatic carbocycles. The third-order valence-electron chi connectivity index (χ3n) is 3.55. The quantitative estimate of drug-likeness (QED) is 0.685. The summed E-state index contributed by atoms with van der Waals surface area (Å²) >= 11 is 0. The predicted molar refractivity (Wildman–Crippen MR) is 74.9 cm³/mol. The van der Waals surface area contributed by atoms with E-state index in [0.29, 0.717) is 0 Å². The van der Waals surface area contributed by atoms with Gasteiger partial charge in [0.1, 0.15) is 0 Å². The molecule has 0 amide bonds. The molecule has 0 aliphatic heterocycles. The summed E-state index contributed by atoms with van der Waals surface area (Å²) < 4.78 is 0. The first-order valence-corrected chi connectivity index (χ1v) is 6.46. The van der Waals surface area contributed by atoms with Crippen molar-refractivity contribution in [3.05, 3.63) is 59.5 Å². The van der Waals surface area contributed by atoms with E-state index in [4.69, 9.17) is 0 Å². The molecule has 3 rings (SSSR count). The highest BCUT2D eigenvalue weighted by Gasteiger charge is 2.19. The van der Waals surface area contributed by atoms with E-state index in [1.807, 2.05) is 0 Å². The molecule has 0 N–H and O–H groups in total. The number of allylic oxidation sites excluding steroid dienone is 1. The maximum atomic E-state index is 2.30. The summed E-state index contributed by atoms with van der Waals surface area (Å²) in [5.41, 5.74) is 2.85. The second-order valence-electron chi connectivity index (χ2n) is 4.71. The highest BCUT2D eigenvalue weighted by molar-refractivity contribution is 5.93. The van der Waals surface area contributed by atoms with Crippen LogP contribution in [0.1, 0.15) is 37.3 Å². The van der Waals surface area contributed by atoms with Gasteiger partial charge in [0.05, 0.1) is 0 Å². The van der Waals surface area contributed by atoms with E-state index in [2.05, 4.69) is 55.5 Å². The third-order valence-corrected chi connectivity index (χ3v) is 3.55. The molecule has 0 saturated heterocycles. The van der Waals surface area contributed by atoms with Crippen molar-refractivity contribution in [3.63, 3.8) is 0 Å². The van der Waals surface area contributed by atoms with Crippen molar-refractivity contribution in [2.75, 3.05) is 0 Å². The molecule has 0 unspecified atom stereocenters. The molecule has 2 aromatic rings. The Hall–Kier alpha value is -1.56. The van der Waals surface area contributed by atoms with Gasteiger partial charge in [0.25, 0.3) is 0 Å². The third kappa shape index (κ3) is 1.78. The largest absolute Gasteiger partial charge is 0.0721 e. The summed E-state index contributed by atoms with van der Waals surface area (Å²) in [6.07, 6.45) is 8.30. The fourth-order valence-electron chi connectivity index (χ4n) is 2.63. The fraction of sp³-hybridized carbons (Fsp3) is 0.235. The Balaban J connectivity index is 2.10. The van der Waals surface area contributed by atoms with Crippen molar-refractivity contribution in [2.24, 2.45) is 0 Å². The number of hydrogen-bond donors (Lipinski definition) is 0. The summed E-state index contributed by atoms with van der Waals surface area (Å²) in [6.45, 7) is 2.25. The van der Waals surface area contributed by atoms with Gasteiger partial charge < -0.3 is 0 Å². The van der Waals surface area contributed by atoms with Crippen molar-refractivity contribution in [1.29, 1.82) is 0 Å². The van der Waals surface area contributed by atoms with E-state index in [1.165, 1.54) is 47.1 Å². The summed E-state index contributed by atoms with van der Waals surface area (Å²) in [6, 6.07) is 13.2. The molecule has 85 valence electrons. The lowest BCUT2D eigenvalue weighted by Crippen LogP contribution is -1.95. The van der Waals surface area contributed by atoms with Crippen LogP contribution in [0, 0.1) is 5.92 Å². The Labute approximate surface area is 103 Å². The minimum atomic E-state index is 1.20. The number of hydrogen-bond acceptors (Lipinski definition) is 0. The van der Waals surface area contributed by atoms with Crippen LogP contribution in [-0.2, 0) is 0 Å². The zero-order valence-corrected chi connectivity index (χ0v) is 10.2. The Morgan fingerprint density at radius 2 is 1.82 bits per heavy atom. The van der Waals surface area contributed by atoms with Gasteiger partial charge in [-0.25, -0.2) is 0 Å². The number of fused-ring (bicyclic) bond motifs is 3. The molecular weight excluding hydrogens is 204 g/mol. The number of rotatable bonds is 3. The van der Waals surface area contributed by atoms with Crippen LogP contribution in [0.5, 0.6) is 0 Å². The summed E-state index contributed by atoms with van der Waals surface area (Å²) in [5.74, 6) is 1.51. The van der Waals surface area contributed by atoms with E-state index in [1.54, 1.807) is 0 Å². The Bertz CT molecular complexity index is 563. The number of unbranched alkanes of at least 4 members (excludes halogenated alkanes) is 1. The van der Waals surface area contributed by atoms with Crippen LogP contribution >= 0.6 is 0 Å². The van der Waals surface area contributed by atoms with E-state index < -0.39 is 0 Å². The van der Waals surface area contributed by atoms with Crippen molar-refractivity contribution in [2.45, 2.75) is 26.2 Å². The molecule has 0 spiro atoms. The first-order valence-electron chi connectivity index (χ1n) is 6.46. The van der Waals surface area contributed by atoms with Gasteiger partial charge in [-0.1, -0.05) is 68.3 Å². The molecule has 0 aromatic heterocycles. The van der Waals surface area contributed by atoms with Crippen LogP contribution in [0.25, 0.3) is 16.8 Å². The standard InChI is InChI=1S/C17H17/c1-2-3-6-14-11-12-15-10-9-13-7-4-5-8-16(13)17(14)15/h4-5,7-12H,2-3,6H2,1H3. The molecule has 0 fully saturated rings. The van der Waals surface area contributed by atoms with Gasteiger partial charge in [-0.2, -0.15) is 0 Å². The first-order chi connectivity index (χ1) is 8.40. The minimum Gasteiger partial charge on any atom is -0.0721 e. The van der Waals surface area contributed by atoms with Crippen molar-refractivity contribution in [1.82, 2.24) is 0 Å². The molecule has 2 aromatic carbocycles. The molecule has 0 nitrogen and oxygen atoms in total. The van der Waals surface area contributed by atoms with Crippen LogP contribution in [0.15, 0.2) is 42.5 Å². The highest BCUT2D eigenvalue weighted by Crippen LogP contribution is 2.37. The minimum absolute atomic E-state index is 1.20. The topological polar surface area (TPSA) is 0 Å². The second-order valence-corrected chi connectivity index (χ2v) is 4.71. The smallest absolute Gasteiger partial charge is 0.0279 e. The summed E-state index contributed by atoms with van der Waals surface area (Å²) in [4.78, 5) is 0. The molecule has 1 aliphatic rings. The Kier molecular flexibility index (Phi) is 2.72. The monoisotopic (exact) mass is 221 g/mol. The lowest BCUT2D eigenvalue weighted by Gasteiger charge is -2.12. The SMILES string of the molecule is CCCC[C]1C=Cc2ccc3ccccc3c21. The molecule has 17 heavy (non-hydrogen) atoms. The van der Waals surface area contributed by atoms with Gasteiger partial charge in [-0.05, 0) is 28.3 Å². The zero-order valence-electron chi connectivity index (χ0n) is 10.2. The fourth-order valence-corrected chi connectivity index (χ4v) is 2.63. The van der Waals surface area contributed by atoms with Crippen LogP contribution in [0.3, 0.4) is 0 Å². The van der Waals surface area contributed by atoms with E-state index in [-0.39, 0.29) is 0 Å². The molecule has 1 radical (unpaired) electrons. The van der Waals surface area contributed by atoms with E-state index in [0.717, 1.165) is 0 Å². The normalized spacial score (nSPS) is 14.4. The van der Waals surface area contributed by atoms with Gasteiger partial charge in [0, 0.05) is 5.92 Å². The average molecular weight is 221 g/mol. The van der Waals surface area contributed by atoms with Gasteiger partial charge in [-0.3, -0.25) is 0 Å². The highest BCUT2D eigenvalue weighted by atomic mass is 14.2. The Morgan fingerprint density at radius 1 is 0.941 bits per heavy atom. The average Bonchev–Trinajstić information content (AvgIpc) is 2.80. The zero-order chi connectivity index (χ0) is 11.7. The lowest BCUT2D eigenvalue weighted by molar-refractivity contribution is 0.765. The molecule has 0 bridgehead atoms. The summed E-state index contributed by atoms with van der Waals surface area (Å²) in [7, 11) is 0. The lowest BCUT2D eigenvalue weighted by atomic mass is 9.91. The van der Waals surface area contributed by atoms with Crippen LogP contribution < -0.4 is 0 Å². The second kappa shape index (κ2) is 4.37. The van der Waals surface area contributed by atoms with Crippen molar-refractivity contribution >= 4 is 16.8 Å². The van der Waals surface area contributed by atoms with Gasteiger partial charge in [-0.15, -0.1) is 0 Å². The predicted octanol–water partition coefficient (Wildman–Crippen LogP) is 4.98. The first kappa shape index (κ1) is 10.6. The van der Waals surface area contributed by atoms with Crippen molar-refractivity contribution < 1.29 is 0 Å². The molecule has 0 saturated carbocycles. The molecular formula is C17H17. The van der Waals surface area contributed by atoms with E-state index in [9.17, 15) is 0 Å². The Morgan fingerprint density at radius 3 is 2.71 bits per heavy atom. The van der Waals surface area contributed by atoms with E-state index >= 15 is 0 Å². The molecule has 0 heteroatoms. The van der Waals surface area contributed by atoms with Gasteiger partial charge >= 0.3 is 0 Å². The van der Waals surface area contributed by atoms with Crippen LogP contribution in [-0.4, -0.2) is 0 Å².